The van der Waals surface area contributed by atoms with Gasteiger partial charge in [-0.1, -0.05) is 12.1 Å². The molecule has 4 aromatic rings. The summed E-state index contributed by atoms with van der Waals surface area (Å²) in [6.45, 7) is 3.63. The number of ether oxygens (including phenoxy) is 4. The van der Waals surface area contributed by atoms with E-state index in [1.165, 1.54) is 30.5 Å². The monoisotopic (exact) mass is 637 g/mol. The van der Waals surface area contributed by atoms with Crippen LogP contribution in [0.3, 0.4) is 0 Å². The predicted molar refractivity (Wildman–Crippen MR) is 159 cm³/mol. The Bertz CT molecular complexity index is 1680. The number of hydrogen-bond donors (Lipinski definition) is 0. The van der Waals surface area contributed by atoms with Gasteiger partial charge in [0.25, 0.3) is 0 Å². The zero-order chi connectivity index (χ0) is 31.8. The Morgan fingerprint density at radius 2 is 1.59 bits per heavy atom. The largest absolute Gasteiger partial charge is 0.573 e. The first-order valence-electron chi connectivity index (χ1n) is 14.9. The molecule has 0 N–H and O–H groups in total. The standard InChI is InChI=1S/C32H30F3N5O6/c33-32(34,35)46-28-11-9-27(10-12-28)44-26-5-1-21(2-6-26)16-38-17-24-15-23(38)18-39(24)22-3-7-25(8-4-22)43-20-29-13-14-37-19-30(40(41)42)36-31(37)45-29/h1-12,19,23-24,29H,13-18,20H2/t23?,24?,29-/m1/s1. The van der Waals surface area contributed by atoms with Gasteiger partial charge in [0.05, 0.1) is 0 Å². The summed E-state index contributed by atoms with van der Waals surface area (Å²) >= 11 is 0. The first-order valence-corrected chi connectivity index (χ1v) is 14.9. The summed E-state index contributed by atoms with van der Waals surface area (Å²) in [5.74, 6) is 1.23. The lowest BCUT2D eigenvalue weighted by Crippen LogP contribution is -2.46. The molecule has 0 saturated carbocycles. The second kappa shape index (κ2) is 12.1. The highest BCUT2D eigenvalue weighted by molar-refractivity contribution is 5.52. The molecule has 240 valence electrons. The molecule has 2 unspecified atom stereocenters. The minimum atomic E-state index is -4.73. The number of likely N-dealkylation sites (tertiary alicyclic amines) is 1. The first-order chi connectivity index (χ1) is 22.1. The fraction of sp³-hybridized carbons (Fsp3) is 0.344. The molecule has 7 rings (SSSR count). The van der Waals surface area contributed by atoms with Gasteiger partial charge in [0.2, 0.25) is 0 Å². The lowest BCUT2D eigenvalue weighted by Gasteiger charge is -2.35. The van der Waals surface area contributed by atoms with Crippen molar-refractivity contribution in [3.05, 3.63) is 94.7 Å². The van der Waals surface area contributed by atoms with Crippen LogP contribution >= 0.6 is 0 Å². The van der Waals surface area contributed by atoms with E-state index in [1.807, 2.05) is 36.4 Å². The molecule has 3 atom stereocenters. The van der Waals surface area contributed by atoms with Crippen LogP contribution in [0, 0.1) is 10.1 Å². The number of halogens is 3. The summed E-state index contributed by atoms with van der Waals surface area (Å²) in [6.07, 6.45) is -1.81. The normalized spacial score (nSPS) is 20.7. The number of aromatic nitrogens is 2. The van der Waals surface area contributed by atoms with Crippen LogP contribution < -0.4 is 23.8 Å². The molecule has 3 aromatic carbocycles. The van der Waals surface area contributed by atoms with E-state index in [9.17, 15) is 23.3 Å². The summed E-state index contributed by atoms with van der Waals surface area (Å²) in [4.78, 5) is 19.3. The van der Waals surface area contributed by atoms with E-state index in [1.54, 1.807) is 4.57 Å². The van der Waals surface area contributed by atoms with Gasteiger partial charge in [-0.15, -0.1) is 13.2 Å². The molecule has 4 heterocycles. The number of anilines is 1. The Labute approximate surface area is 261 Å². The highest BCUT2D eigenvalue weighted by Gasteiger charge is 2.43. The Hall–Kier alpha value is -4.98. The minimum absolute atomic E-state index is 0.221. The molecule has 0 aliphatic carbocycles. The number of alkyl halides is 3. The molecule has 0 radical (unpaired) electrons. The lowest BCUT2D eigenvalue weighted by molar-refractivity contribution is -0.389. The number of nitro groups is 1. The van der Waals surface area contributed by atoms with Crippen molar-refractivity contribution >= 4 is 11.5 Å². The van der Waals surface area contributed by atoms with Gasteiger partial charge in [-0.3, -0.25) is 9.47 Å². The van der Waals surface area contributed by atoms with E-state index in [0.717, 1.165) is 43.1 Å². The van der Waals surface area contributed by atoms with Crippen molar-refractivity contribution in [1.82, 2.24) is 14.5 Å². The first kappa shape index (κ1) is 29.7. The van der Waals surface area contributed by atoms with E-state index in [4.69, 9.17) is 14.2 Å². The SMILES string of the molecule is O=[N+]([O-])c1cn2c(n1)O[C@@H](COc1ccc(N3CC4CC3CN4Cc3ccc(Oc4ccc(OC(F)(F)F)cc4)cc3)cc1)CC2. The van der Waals surface area contributed by atoms with Gasteiger partial charge in [0, 0.05) is 55.4 Å². The van der Waals surface area contributed by atoms with E-state index in [-0.39, 0.29) is 23.7 Å². The number of benzene rings is 3. The van der Waals surface area contributed by atoms with Crippen molar-refractivity contribution in [3.63, 3.8) is 0 Å². The van der Waals surface area contributed by atoms with E-state index >= 15 is 0 Å². The van der Waals surface area contributed by atoms with Gasteiger partial charge >= 0.3 is 18.2 Å². The van der Waals surface area contributed by atoms with Crippen LogP contribution in [-0.4, -0.2) is 63.6 Å². The van der Waals surface area contributed by atoms with E-state index in [0.29, 0.717) is 43.2 Å². The quantitative estimate of drug-likeness (QED) is 0.149. The van der Waals surface area contributed by atoms with Crippen LogP contribution in [0.1, 0.15) is 18.4 Å². The van der Waals surface area contributed by atoms with Crippen molar-refractivity contribution < 1.29 is 37.0 Å². The molecule has 1 aromatic heterocycles. The van der Waals surface area contributed by atoms with Crippen molar-refractivity contribution in [2.45, 2.75) is 50.5 Å². The Morgan fingerprint density at radius 3 is 2.24 bits per heavy atom. The van der Waals surface area contributed by atoms with Crippen molar-refractivity contribution in [2.24, 2.45) is 0 Å². The van der Waals surface area contributed by atoms with Crippen LogP contribution in [0.4, 0.5) is 24.7 Å². The maximum Gasteiger partial charge on any atom is 0.573 e. The maximum absolute atomic E-state index is 12.4. The molecule has 11 nitrogen and oxygen atoms in total. The molecule has 14 heteroatoms. The van der Waals surface area contributed by atoms with E-state index in [2.05, 4.69) is 31.7 Å². The summed E-state index contributed by atoms with van der Waals surface area (Å²) in [7, 11) is 0. The second-order valence-electron chi connectivity index (χ2n) is 11.6. The van der Waals surface area contributed by atoms with Crippen molar-refractivity contribution in [2.75, 3.05) is 24.6 Å². The predicted octanol–water partition coefficient (Wildman–Crippen LogP) is 6.18. The minimum Gasteiger partial charge on any atom is -0.490 e. The summed E-state index contributed by atoms with van der Waals surface area (Å²) in [5.41, 5.74) is 2.31. The van der Waals surface area contributed by atoms with Crippen LogP contribution in [-0.2, 0) is 13.1 Å². The lowest BCUT2D eigenvalue weighted by atomic mass is 10.1. The number of hydrogen-bond acceptors (Lipinski definition) is 9. The number of fused-ring (bicyclic) bond motifs is 3. The molecule has 2 bridgehead atoms. The number of rotatable bonds is 10. The third-order valence-electron chi connectivity index (χ3n) is 8.44. The summed E-state index contributed by atoms with van der Waals surface area (Å²) < 4.78 is 60.2. The number of imidazole rings is 1. The zero-order valence-electron chi connectivity index (χ0n) is 24.5. The third-order valence-corrected chi connectivity index (χ3v) is 8.44. The topological polar surface area (TPSA) is 104 Å². The Balaban J connectivity index is 0.869. The Kier molecular flexibility index (Phi) is 7.80. The molecule has 3 aliphatic heterocycles. The number of aryl methyl sites for hydroxylation is 1. The summed E-state index contributed by atoms with van der Waals surface area (Å²) in [5, 5.41) is 11.0. The average Bonchev–Trinajstić information content (AvgIpc) is 3.76. The number of nitrogens with zero attached hydrogens (tertiary/aromatic N) is 5. The van der Waals surface area contributed by atoms with Crippen molar-refractivity contribution in [1.29, 1.82) is 0 Å². The molecular weight excluding hydrogens is 607 g/mol. The molecule has 2 saturated heterocycles. The van der Waals surface area contributed by atoms with Gasteiger partial charge in [-0.05, 0) is 77.6 Å². The highest BCUT2D eigenvalue weighted by Crippen LogP contribution is 2.36. The second-order valence-corrected chi connectivity index (χ2v) is 11.6. The maximum atomic E-state index is 12.4. The van der Waals surface area contributed by atoms with Crippen LogP contribution in [0.5, 0.6) is 29.0 Å². The van der Waals surface area contributed by atoms with Gasteiger partial charge in [0.1, 0.15) is 41.9 Å². The van der Waals surface area contributed by atoms with Gasteiger partial charge < -0.3 is 34.0 Å². The van der Waals surface area contributed by atoms with Crippen LogP contribution in [0.25, 0.3) is 0 Å². The van der Waals surface area contributed by atoms with Crippen LogP contribution in [0.2, 0.25) is 0 Å². The Morgan fingerprint density at radius 1 is 0.913 bits per heavy atom. The molecule has 3 aliphatic rings. The molecule has 46 heavy (non-hydrogen) atoms. The van der Waals surface area contributed by atoms with Gasteiger partial charge in [0.15, 0.2) is 0 Å². The number of piperazine rings is 1. The molecular formula is C32H30F3N5O6. The summed E-state index contributed by atoms with van der Waals surface area (Å²) in [6, 6.07) is 22.2. The highest BCUT2D eigenvalue weighted by atomic mass is 19.4. The molecule has 2 fully saturated rings. The third kappa shape index (κ3) is 6.66. The fourth-order valence-electron chi connectivity index (χ4n) is 6.26. The zero-order valence-corrected chi connectivity index (χ0v) is 24.5. The fourth-order valence-corrected chi connectivity index (χ4v) is 6.26. The average molecular weight is 638 g/mol. The van der Waals surface area contributed by atoms with Crippen molar-refractivity contribution in [3.8, 4) is 29.0 Å². The van der Waals surface area contributed by atoms with E-state index < -0.39 is 11.3 Å². The van der Waals surface area contributed by atoms with Gasteiger partial charge in [-0.2, -0.15) is 0 Å². The smallest absolute Gasteiger partial charge is 0.490 e. The molecule has 0 spiro atoms. The van der Waals surface area contributed by atoms with Gasteiger partial charge in [-0.25, -0.2) is 0 Å². The molecule has 0 amide bonds. The van der Waals surface area contributed by atoms with Crippen LogP contribution in [0.15, 0.2) is 79.0 Å².